The second-order valence-electron chi connectivity index (χ2n) is 8.43. The smallest absolute Gasteiger partial charge is 0.257 e. The molecule has 1 aromatic heterocycles. The van der Waals surface area contributed by atoms with E-state index in [2.05, 4.69) is 25.0 Å². The summed E-state index contributed by atoms with van der Waals surface area (Å²) in [4.78, 5) is 14.5. The van der Waals surface area contributed by atoms with Gasteiger partial charge in [0.15, 0.2) is 18.1 Å². The van der Waals surface area contributed by atoms with Gasteiger partial charge in [0.25, 0.3) is 5.91 Å². The Labute approximate surface area is 211 Å². The normalized spacial score (nSPS) is 13.4. The zero-order valence-corrected chi connectivity index (χ0v) is 21.0. The highest BCUT2D eigenvalue weighted by Gasteiger charge is 2.21. The Kier molecular flexibility index (Phi) is 8.62. The predicted octanol–water partition coefficient (Wildman–Crippen LogP) is 2.10. The highest BCUT2D eigenvalue weighted by Crippen LogP contribution is 2.35. The van der Waals surface area contributed by atoms with E-state index in [0.29, 0.717) is 36.8 Å². The third-order valence-corrected chi connectivity index (χ3v) is 6.16. The van der Waals surface area contributed by atoms with Crippen LogP contribution in [0.3, 0.4) is 0 Å². The van der Waals surface area contributed by atoms with Gasteiger partial charge in [-0.15, -0.1) is 10.2 Å². The molecular formula is C26H33N5O5. The summed E-state index contributed by atoms with van der Waals surface area (Å²) in [6, 6.07) is 13.1. The Bertz CT molecular complexity index is 1150. The fourth-order valence-electron chi connectivity index (χ4n) is 4.26. The Hall–Kier alpha value is -3.79. The molecule has 1 amide bonds. The molecule has 0 saturated carbocycles. The first kappa shape index (κ1) is 25.3. The summed E-state index contributed by atoms with van der Waals surface area (Å²) >= 11 is 0. The molecule has 0 radical (unpaired) electrons. The van der Waals surface area contributed by atoms with Crippen LogP contribution in [0.5, 0.6) is 23.0 Å². The summed E-state index contributed by atoms with van der Waals surface area (Å²) in [5, 5.41) is 11.7. The van der Waals surface area contributed by atoms with Gasteiger partial charge in [-0.25, -0.2) is 0 Å². The molecule has 0 saturated heterocycles. The standard InChI is InChI=1S/C26H33N5O5/c1-33-21-16-23(35-3)22(34-2)15-19(21)17-30-12-10-25-29-28-24(31(25)14-13-30)9-11-27-26(32)18-36-20-7-5-4-6-8-20/h4-8,15-16H,9-14,17-18H2,1-3H3,(H,27,32). The molecule has 1 aliphatic rings. The number of para-hydroxylation sites is 1. The Morgan fingerprint density at radius 2 is 1.69 bits per heavy atom. The van der Waals surface area contributed by atoms with Crippen LogP contribution < -0.4 is 24.3 Å². The van der Waals surface area contributed by atoms with E-state index >= 15 is 0 Å². The number of hydrogen-bond donors (Lipinski definition) is 1. The maximum Gasteiger partial charge on any atom is 0.257 e. The van der Waals surface area contributed by atoms with Crippen molar-refractivity contribution in [1.82, 2.24) is 25.0 Å². The molecule has 0 fully saturated rings. The summed E-state index contributed by atoms with van der Waals surface area (Å²) in [6.45, 7) is 3.64. The Balaban J connectivity index is 1.30. The maximum absolute atomic E-state index is 12.1. The van der Waals surface area contributed by atoms with Gasteiger partial charge in [-0.3, -0.25) is 9.69 Å². The second-order valence-corrected chi connectivity index (χ2v) is 8.43. The zero-order valence-electron chi connectivity index (χ0n) is 21.0. The molecule has 0 aliphatic carbocycles. The minimum absolute atomic E-state index is 0.0173. The maximum atomic E-state index is 12.1. The third-order valence-electron chi connectivity index (χ3n) is 6.16. The SMILES string of the molecule is COc1cc(OC)c(OC)cc1CN1CCc2nnc(CCNC(=O)COc3ccccc3)n2CC1. The zero-order chi connectivity index (χ0) is 25.3. The van der Waals surface area contributed by atoms with Crippen LogP contribution in [-0.4, -0.2) is 73.1 Å². The largest absolute Gasteiger partial charge is 0.496 e. The van der Waals surface area contributed by atoms with Crippen molar-refractivity contribution in [3.8, 4) is 23.0 Å². The first-order valence-electron chi connectivity index (χ1n) is 12.0. The summed E-state index contributed by atoms with van der Waals surface area (Å²) in [5.41, 5.74) is 1.04. The molecule has 36 heavy (non-hydrogen) atoms. The first-order chi connectivity index (χ1) is 17.6. The number of fused-ring (bicyclic) bond motifs is 1. The van der Waals surface area contributed by atoms with Crippen molar-refractivity contribution in [3.63, 3.8) is 0 Å². The number of nitrogens with one attached hydrogen (secondary N) is 1. The topological polar surface area (TPSA) is 100.0 Å². The molecule has 192 valence electrons. The van der Waals surface area contributed by atoms with E-state index in [-0.39, 0.29) is 12.5 Å². The van der Waals surface area contributed by atoms with E-state index in [1.165, 1.54) is 0 Å². The van der Waals surface area contributed by atoms with Crippen molar-refractivity contribution >= 4 is 5.91 Å². The van der Waals surface area contributed by atoms with Crippen molar-refractivity contribution in [2.75, 3.05) is 47.6 Å². The van der Waals surface area contributed by atoms with Crippen LogP contribution >= 0.6 is 0 Å². The van der Waals surface area contributed by atoms with Crippen LogP contribution in [0.4, 0.5) is 0 Å². The lowest BCUT2D eigenvalue weighted by molar-refractivity contribution is -0.123. The molecule has 2 heterocycles. The van der Waals surface area contributed by atoms with Crippen molar-refractivity contribution in [2.45, 2.75) is 25.9 Å². The number of methoxy groups -OCH3 is 3. The second kappa shape index (κ2) is 12.3. The van der Waals surface area contributed by atoms with Crippen LogP contribution in [0.15, 0.2) is 42.5 Å². The lowest BCUT2D eigenvalue weighted by Crippen LogP contribution is -2.31. The highest BCUT2D eigenvalue weighted by atomic mass is 16.5. The van der Waals surface area contributed by atoms with Gasteiger partial charge in [0.1, 0.15) is 23.1 Å². The number of rotatable bonds is 11. The van der Waals surface area contributed by atoms with Crippen LogP contribution in [0.2, 0.25) is 0 Å². The summed E-state index contributed by atoms with van der Waals surface area (Å²) < 4.78 is 24.1. The molecule has 1 N–H and O–H groups in total. The van der Waals surface area contributed by atoms with Crippen molar-refractivity contribution in [1.29, 1.82) is 0 Å². The first-order valence-corrected chi connectivity index (χ1v) is 12.0. The predicted molar refractivity (Wildman–Crippen MR) is 134 cm³/mol. The fourth-order valence-corrected chi connectivity index (χ4v) is 4.26. The molecule has 0 atom stereocenters. The molecule has 10 heteroatoms. The number of carbonyl (C=O) groups excluding carboxylic acids is 1. The van der Waals surface area contributed by atoms with E-state index in [1.54, 1.807) is 21.3 Å². The lowest BCUT2D eigenvalue weighted by Gasteiger charge is -2.22. The average molecular weight is 496 g/mol. The molecule has 10 nitrogen and oxygen atoms in total. The van der Waals surface area contributed by atoms with Crippen molar-refractivity contribution in [3.05, 3.63) is 59.7 Å². The van der Waals surface area contributed by atoms with Gasteiger partial charge in [0.05, 0.1) is 21.3 Å². The number of ether oxygens (including phenoxy) is 4. The van der Waals surface area contributed by atoms with Gasteiger partial charge >= 0.3 is 0 Å². The number of hydrogen-bond acceptors (Lipinski definition) is 8. The van der Waals surface area contributed by atoms with E-state index in [1.807, 2.05) is 42.5 Å². The molecule has 4 rings (SSSR count). The fraction of sp³-hybridized carbons (Fsp3) is 0.423. The minimum atomic E-state index is -0.162. The lowest BCUT2D eigenvalue weighted by atomic mass is 10.1. The van der Waals surface area contributed by atoms with Gasteiger partial charge in [0, 0.05) is 57.2 Å². The molecule has 2 aromatic carbocycles. The Morgan fingerprint density at radius 3 is 2.44 bits per heavy atom. The van der Waals surface area contributed by atoms with Crippen molar-refractivity contribution < 1.29 is 23.7 Å². The van der Waals surface area contributed by atoms with E-state index in [4.69, 9.17) is 18.9 Å². The number of aromatic nitrogens is 3. The quantitative estimate of drug-likeness (QED) is 0.432. The number of carbonyl (C=O) groups is 1. The summed E-state index contributed by atoms with van der Waals surface area (Å²) in [7, 11) is 4.91. The third kappa shape index (κ3) is 6.25. The van der Waals surface area contributed by atoms with E-state index < -0.39 is 0 Å². The Morgan fingerprint density at radius 1 is 0.944 bits per heavy atom. The summed E-state index contributed by atoms with van der Waals surface area (Å²) in [5.74, 6) is 4.44. The molecule has 0 bridgehead atoms. The van der Waals surface area contributed by atoms with Gasteiger partial charge in [-0.2, -0.15) is 0 Å². The number of benzene rings is 2. The number of amides is 1. The minimum Gasteiger partial charge on any atom is -0.496 e. The van der Waals surface area contributed by atoms with Crippen LogP contribution in [0, 0.1) is 0 Å². The average Bonchev–Trinajstić information content (AvgIpc) is 3.18. The van der Waals surface area contributed by atoms with Gasteiger partial charge in [0.2, 0.25) is 0 Å². The molecular weight excluding hydrogens is 462 g/mol. The van der Waals surface area contributed by atoms with Crippen LogP contribution in [-0.2, 0) is 30.7 Å². The van der Waals surface area contributed by atoms with Gasteiger partial charge < -0.3 is 28.8 Å². The number of nitrogens with zero attached hydrogens (tertiary/aromatic N) is 4. The molecule has 0 spiro atoms. The summed E-state index contributed by atoms with van der Waals surface area (Å²) in [6.07, 6.45) is 1.40. The van der Waals surface area contributed by atoms with Crippen molar-refractivity contribution in [2.24, 2.45) is 0 Å². The van der Waals surface area contributed by atoms with Crippen LogP contribution in [0.25, 0.3) is 0 Å². The van der Waals surface area contributed by atoms with Gasteiger partial charge in [-0.05, 0) is 18.2 Å². The molecule has 3 aromatic rings. The monoisotopic (exact) mass is 495 g/mol. The highest BCUT2D eigenvalue weighted by molar-refractivity contribution is 5.77. The van der Waals surface area contributed by atoms with E-state index in [9.17, 15) is 4.79 Å². The molecule has 1 aliphatic heterocycles. The van der Waals surface area contributed by atoms with E-state index in [0.717, 1.165) is 49.0 Å². The van der Waals surface area contributed by atoms with Gasteiger partial charge in [-0.1, -0.05) is 18.2 Å². The molecule has 0 unspecified atom stereocenters. The van der Waals surface area contributed by atoms with Crippen LogP contribution in [0.1, 0.15) is 17.2 Å².